The molecule has 1 heteroatoms. The summed E-state index contributed by atoms with van der Waals surface area (Å²) in [6.45, 7) is 9.65. The lowest BCUT2D eigenvalue weighted by Gasteiger charge is -2.35. The summed E-state index contributed by atoms with van der Waals surface area (Å²) in [5.74, 6) is 1.91. The third-order valence-electron chi connectivity index (χ3n) is 4.31. The molecular weight excluding hydrogens is 206 g/mol. The maximum atomic E-state index is 3.86. The van der Waals surface area contributed by atoms with Crippen LogP contribution in [0.25, 0.3) is 0 Å². The van der Waals surface area contributed by atoms with Crippen molar-refractivity contribution in [2.45, 2.75) is 71.3 Å². The van der Waals surface area contributed by atoms with Crippen LogP contribution in [0.4, 0.5) is 0 Å². The Morgan fingerprint density at radius 1 is 1.35 bits per heavy atom. The molecule has 1 N–H and O–H groups in total. The molecule has 100 valence electrons. The molecule has 0 heterocycles. The molecule has 0 bridgehead atoms. The molecule has 0 aromatic rings. The summed E-state index contributed by atoms with van der Waals surface area (Å²) in [6.07, 6.45) is 12.9. The van der Waals surface area contributed by atoms with Crippen molar-refractivity contribution < 1.29 is 0 Å². The summed E-state index contributed by atoms with van der Waals surface area (Å²) >= 11 is 0. The van der Waals surface area contributed by atoms with Gasteiger partial charge >= 0.3 is 0 Å². The van der Waals surface area contributed by atoms with E-state index in [0.717, 1.165) is 24.3 Å². The molecule has 1 aliphatic carbocycles. The third-order valence-corrected chi connectivity index (χ3v) is 4.31. The number of rotatable bonds is 8. The summed E-state index contributed by atoms with van der Waals surface area (Å²) in [5, 5.41) is 3.77. The second-order valence-electron chi connectivity index (χ2n) is 5.63. The van der Waals surface area contributed by atoms with Crippen molar-refractivity contribution in [2.75, 3.05) is 6.54 Å². The van der Waals surface area contributed by atoms with Crippen molar-refractivity contribution in [2.24, 2.45) is 11.8 Å². The lowest BCUT2D eigenvalue weighted by molar-refractivity contribution is 0.202. The smallest absolute Gasteiger partial charge is 0.00983 e. The molecule has 0 saturated heterocycles. The van der Waals surface area contributed by atoms with Gasteiger partial charge in [0.15, 0.2) is 0 Å². The first-order valence-electron chi connectivity index (χ1n) is 7.66. The van der Waals surface area contributed by atoms with Crippen LogP contribution in [0, 0.1) is 11.8 Å². The number of hydrogen-bond acceptors (Lipinski definition) is 1. The van der Waals surface area contributed by atoms with E-state index in [0.29, 0.717) is 0 Å². The summed E-state index contributed by atoms with van der Waals surface area (Å²) in [7, 11) is 0. The number of nitrogens with one attached hydrogen (secondary N) is 1. The van der Waals surface area contributed by atoms with Gasteiger partial charge in [0.05, 0.1) is 0 Å². The van der Waals surface area contributed by atoms with Gasteiger partial charge in [-0.15, -0.1) is 6.58 Å². The summed E-state index contributed by atoms with van der Waals surface area (Å²) < 4.78 is 0. The average Bonchev–Trinajstić information content (AvgIpc) is 2.39. The van der Waals surface area contributed by atoms with Gasteiger partial charge in [0, 0.05) is 6.04 Å². The van der Waals surface area contributed by atoms with E-state index in [9.17, 15) is 0 Å². The van der Waals surface area contributed by atoms with Crippen LogP contribution in [-0.4, -0.2) is 12.6 Å². The van der Waals surface area contributed by atoms with Gasteiger partial charge in [-0.1, -0.05) is 39.2 Å². The van der Waals surface area contributed by atoms with E-state index in [1.165, 1.54) is 51.5 Å². The Balaban J connectivity index is 2.44. The van der Waals surface area contributed by atoms with Gasteiger partial charge in [-0.25, -0.2) is 0 Å². The van der Waals surface area contributed by atoms with E-state index in [2.05, 4.69) is 31.8 Å². The van der Waals surface area contributed by atoms with Gasteiger partial charge in [-0.2, -0.15) is 0 Å². The van der Waals surface area contributed by atoms with Crippen LogP contribution in [0.3, 0.4) is 0 Å². The zero-order valence-corrected chi connectivity index (χ0v) is 11.9. The van der Waals surface area contributed by atoms with Gasteiger partial charge in [0.1, 0.15) is 0 Å². The van der Waals surface area contributed by atoms with Crippen LogP contribution in [0.5, 0.6) is 0 Å². The first-order chi connectivity index (χ1) is 8.31. The Morgan fingerprint density at radius 3 is 2.82 bits per heavy atom. The maximum absolute atomic E-state index is 3.86. The third kappa shape index (κ3) is 5.25. The highest BCUT2D eigenvalue weighted by molar-refractivity contribution is 4.84. The predicted molar refractivity (Wildman–Crippen MR) is 77.3 cm³/mol. The minimum absolute atomic E-state index is 0.738. The van der Waals surface area contributed by atoms with Crippen molar-refractivity contribution in [3.63, 3.8) is 0 Å². The van der Waals surface area contributed by atoms with E-state index in [-0.39, 0.29) is 0 Å². The van der Waals surface area contributed by atoms with Gasteiger partial charge < -0.3 is 5.32 Å². The highest BCUT2D eigenvalue weighted by atomic mass is 14.9. The highest BCUT2D eigenvalue weighted by Crippen LogP contribution is 2.34. The van der Waals surface area contributed by atoms with Crippen molar-refractivity contribution >= 4 is 0 Å². The molecule has 1 aliphatic rings. The van der Waals surface area contributed by atoms with Crippen LogP contribution in [0.1, 0.15) is 65.2 Å². The standard InChI is InChI=1S/C16H31N/c1-4-7-11-16(17-12-5-2)15-10-8-9-14(6-3)13-15/h4,14-17H,1,5-13H2,2-3H3. The zero-order valence-electron chi connectivity index (χ0n) is 11.9. The molecule has 0 aromatic carbocycles. The minimum atomic E-state index is 0.738. The van der Waals surface area contributed by atoms with Gasteiger partial charge in [0.25, 0.3) is 0 Å². The van der Waals surface area contributed by atoms with Crippen LogP contribution >= 0.6 is 0 Å². The van der Waals surface area contributed by atoms with Crippen LogP contribution < -0.4 is 5.32 Å². The minimum Gasteiger partial charge on any atom is -0.314 e. The second-order valence-corrected chi connectivity index (χ2v) is 5.63. The van der Waals surface area contributed by atoms with Crippen molar-refractivity contribution in [3.8, 4) is 0 Å². The Kier molecular flexibility index (Phi) is 7.59. The molecule has 1 rings (SSSR count). The molecule has 0 amide bonds. The fraction of sp³-hybridized carbons (Fsp3) is 0.875. The fourth-order valence-corrected chi connectivity index (χ4v) is 3.20. The van der Waals surface area contributed by atoms with E-state index >= 15 is 0 Å². The molecule has 1 saturated carbocycles. The molecule has 17 heavy (non-hydrogen) atoms. The van der Waals surface area contributed by atoms with Gasteiger partial charge in [0.2, 0.25) is 0 Å². The largest absolute Gasteiger partial charge is 0.314 e. The predicted octanol–water partition coefficient (Wildman–Crippen LogP) is 4.54. The molecule has 0 radical (unpaired) electrons. The van der Waals surface area contributed by atoms with Crippen LogP contribution in [-0.2, 0) is 0 Å². The van der Waals surface area contributed by atoms with Crippen molar-refractivity contribution in [1.29, 1.82) is 0 Å². The van der Waals surface area contributed by atoms with Crippen molar-refractivity contribution in [1.82, 2.24) is 5.32 Å². The summed E-state index contributed by atoms with van der Waals surface area (Å²) in [4.78, 5) is 0. The lowest BCUT2D eigenvalue weighted by Crippen LogP contribution is -2.39. The monoisotopic (exact) mass is 237 g/mol. The normalized spacial score (nSPS) is 26.7. The van der Waals surface area contributed by atoms with Gasteiger partial charge in [-0.3, -0.25) is 0 Å². The average molecular weight is 237 g/mol. The number of hydrogen-bond donors (Lipinski definition) is 1. The molecule has 3 atom stereocenters. The molecule has 0 aromatic heterocycles. The molecule has 0 spiro atoms. The first-order valence-corrected chi connectivity index (χ1v) is 7.66. The fourth-order valence-electron chi connectivity index (χ4n) is 3.20. The van der Waals surface area contributed by atoms with E-state index in [4.69, 9.17) is 0 Å². The molecular formula is C16H31N. The Bertz CT molecular complexity index is 200. The topological polar surface area (TPSA) is 12.0 Å². The quantitative estimate of drug-likeness (QED) is 0.611. The molecule has 1 fully saturated rings. The highest BCUT2D eigenvalue weighted by Gasteiger charge is 2.26. The molecule has 0 aliphatic heterocycles. The lowest BCUT2D eigenvalue weighted by atomic mass is 9.76. The van der Waals surface area contributed by atoms with Gasteiger partial charge in [-0.05, 0) is 50.5 Å². The number of allylic oxidation sites excluding steroid dienone is 1. The first kappa shape index (κ1) is 14.8. The van der Waals surface area contributed by atoms with E-state index in [1.54, 1.807) is 0 Å². The van der Waals surface area contributed by atoms with E-state index in [1.807, 2.05) is 0 Å². The Hall–Kier alpha value is -0.300. The summed E-state index contributed by atoms with van der Waals surface area (Å²) in [6, 6.07) is 0.738. The van der Waals surface area contributed by atoms with Crippen LogP contribution in [0.15, 0.2) is 12.7 Å². The maximum Gasteiger partial charge on any atom is 0.00983 e. The molecule has 1 nitrogen and oxygen atoms in total. The Labute approximate surface area is 108 Å². The van der Waals surface area contributed by atoms with Crippen molar-refractivity contribution in [3.05, 3.63) is 12.7 Å². The zero-order chi connectivity index (χ0) is 12.5. The second kappa shape index (κ2) is 8.74. The van der Waals surface area contributed by atoms with Crippen LogP contribution in [0.2, 0.25) is 0 Å². The SMILES string of the molecule is C=CCCC(NCCC)C1CCCC(CC)C1. The molecule has 3 unspecified atom stereocenters. The summed E-state index contributed by atoms with van der Waals surface area (Å²) in [5.41, 5.74) is 0. The van der Waals surface area contributed by atoms with E-state index < -0.39 is 0 Å². The Morgan fingerprint density at radius 2 is 2.18 bits per heavy atom.